The molecule has 0 radical (unpaired) electrons. The van der Waals surface area contributed by atoms with Gasteiger partial charge in [0.25, 0.3) is 5.91 Å². The lowest BCUT2D eigenvalue weighted by Crippen LogP contribution is -2.29. The molecule has 0 unspecified atom stereocenters. The summed E-state index contributed by atoms with van der Waals surface area (Å²) in [6.07, 6.45) is 1.73. The molecule has 1 atom stereocenters. The Hall–Kier alpha value is -3.35. The van der Waals surface area contributed by atoms with Gasteiger partial charge in [-0.3, -0.25) is 4.79 Å². The van der Waals surface area contributed by atoms with Crippen LogP contribution in [-0.4, -0.2) is 31.2 Å². The van der Waals surface area contributed by atoms with E-state index >= 15 is 0 Å². The highest BCUT2D eigenvalue weighted by atomic mass is 19.1. The fourth-order valence-corrected chi connectivity index (χ4v) is 2.41. The third-order valence-corrected chi connectivity index (χ3v) is 3.73. The van der Waals surface area contributed by atoms with Crippen LogP contribution in [-0.2, 0) is 14.3 Å². The van der Waals surface area contributed by atoms with E-state index in [0.29, 0.717) is 30.3 Å². The van der Waals surface area contributed by atoms with Crippen molar-refractivity contribution in [2.45, 2.75) is 26.9 Å². The fraction of sp³-hybridized carbons (Fsp3) is 0.273. The Labute approximate surface area is 169 Å². The highest BCUT2D eigenvalue weighted by Crippen LogP contribution is 2.29. The highest BCUT2D eigenvalue weighted by Gasteiger charge is 2.17. The van der Waals surface area contributed by atoms with Crippen LogP contribution in [0.15, 0.2) is 48.5 Å². The summed E-state index contributed by atoms with van der Waals surface area (Å²) < 4.78 is 29.3. The van der Waals surface area contributed by atoms with Crippen LogP contribution in [0.5, 0.6) is 11.5 Å². The lowest BCUT2D eigenvalue weighted by molar-refractivity contribution is -0.148. The summed E-state index contributed by atoms with van der Waals surface area (Å²) in [6, 6.07) is 10.7. The Morgan fingerprint density at radius 3 is 2.48 bits per heavy atom. The van der Waals surface area contributed by atoms with Crippen molar-refractivity contribution in [3.8, 4) is 11.5 Å². The molecule has 0 spiro atoms. The minimum Gasteiger partial charge on any atom is -0.490 e. The van der Waals surface area contributed by atoms with Gasteiger partial charge in [0.2, 0.25) is 0 Å². The Kier molecular flexibility index (Phi) is 8.21. The Morgan fingerprint density at radius 2 is 1.79 bits per heavy atom. The van der Waals surface area contributed by atoms with Crippen LogP contribution in [0.2, 0.25) is 0 Å². The van der Waals surface area contributed by atoms with Gasteiger partial charge in [0, 0.05) is 11.8 Å². The molecule has 2 rings (SSSR count). The predicted octanol–water partition coefficient (Wildman–Crippen LogP) is 4.21. The Morgan fingerprint density at radius 1 is 1.07 bits per heavy atom. The molecule has 0 saturated heterocycles. The average molecular weight is 401 g/mol. The molecule has 0 aromatic heterocycles. The highest BCUT2D eigenvalue weighted by molar-refractivity contribution is 5.96. The molecule has 0 aliphatic carbocycles. The number of rotatable bonds is 9. The summed E-state index contributed by atoms with van der Waals surface area (Å²) in [6.45, 7) is 6.17. The molecule has 2 aromatic rings. The van der Waals surface area contributed by atoms with Crippen LogP contribution in [0.4, 0.5) is 10.1 Å². The minimum absolute atomic E-state index is 0.284. The van der Waals surface area contributed by atoms with Gasteiger partial charge >= 0.3 is 5.97 Å². The second kappa shape index (κ2) is 10.8. The summed E-state index contributed by atoms with van der Waals surface area (Å²) in [5, 5.41) is 2.49. The smallest absolute Gasteiger partial charge is 0.331 e. The number of hydrogen-bond donors (Lipinski definition) is 1. The zero-order valence-electron chi connectivity index (χ0n) is 16.6. The van der Waals surface area contributed by atoms with Crippen molar-refractivity contribution >= 4 is 23.6 Å². The van der Waals surface area contributed by atoms with Gasteiger partial charge in [-0.2, -0.15) is 0 Å². The topological polar surface area (TPSA) is 73.9 Å². The number of esters is 1. The zero-order chi connectivity index (χ0) is 21.2. The van der Waals surface area contributed by atoms with Crippen LogP contribution < -0.4 is 14.8 Å². The molecule has 0 aliphatic rings. The number of anilines is 1. The van der Waals surface area contributed by atoms with Crippen LogP contribution in [0.25, 0.3) is 6.08 Å². The SMILES string of the molecule is CCOc1ccc(/C=C/C(=O)O[C@H](C)C(=O)Nc2cccc(F)c2)cc1OCC. The zero-order valence-corrected chi connectivity index (χ0v) is 16.6. The third-order valence-electron chi connectivity index (χ3n) is 3.73. The normalized spacial score (nSPS) is 11.7. The van der Waals surface area contributed by atoms with E-state index < -0.39 is 23.8 Å². The molecule has 0 heterocycles. The molecule has 0 bridgehead atoms. The first-order valence-corrected chi connectivity index (χ1v) is 9.27. The van der Waals surface area contributed by atoms with Crippen molar-refractivity contribution in [2.24, 2.45) is 0 Å². The van der Waals surface area contributed by atoms with Crippen LogP contribution in [0.3, 0.4) is 0 Å². The lowest BCUT2D eigenvalue weighted by Gasteiger charge is -2.12. The van der Waals surface area contributed by atoms with E-state index in [1.807, 2.05) is 13.8 Å². The van der Waals surface area contributed by atoms with E-state index in [0.717, 1.165) is 0 Å². The molecular formula is C22H24FNO5. The summed E-state index contributed by atoms with van der Waals surface area (Å²) >= 11 is 0. The number of amides is 1. The number of nitrogens with one attached hydrogen (secondary N) is 1. The van der Waals surface area contributed by atoms with Crippen molar-refractivity contribution in [3.63, 3.8) is 0 Å². The maximum absolute atomic E-state index is 13.2. The summed E-state index contributed by atoms with van der Waals surface area (Å²) in [7, 11) is 0. The molecule has 0 saturated carbocycles. The summed E-state index contributed by atoms with van der Waals surface area (Å²) in [4.78, 5) is 24.1. The van der Waals surface area contributed by atoms with Crippen LogP contribution >= 0.6 is 0 Å². The number of benzene rings is 2. The molecular weight excluding hydrogens is 377 g/mol. The Bertz CT molecular complexity index is 881. The van der Waals surface area contributed by atoms with E-state index in [1.165, 1.54) is 37.3 Å². The molecule has 1 amide bonds. The van der Waals surface area contributed by atoms with Crippen LogP contribution in [0, 0.1) is 5.82 Å². The minimum atomic E-state index is -1.05. The number of carbonyl (C=O) groups is 2. The predicted molar refractivity (Wildman–Crippen MR) is 108 cm³/mol. The largest absolute Gasteiger partial charge is 0.490 e. The standard InChI is InChI=1S/C22H24FNO5/c1-4-27-19-11-9-16(13-20(19)28-5-2)10-12-21(25)29-15(3)22(26)24-18-8-6-7-17(23)14-18/h6-15H,4-5H2,1-3H3,(H,24,26)/b12-10+/t15-/m1/s1. The molecule has 0 aliphatic heterocycles. The fourth-order valence-electron chi connectivity index (χ4n) is 2.41. The van der Waals surface area contributed by atoms with Gasteiger partial charge in [0.05, 0.1) is 13.2 Å². The molecule has 154 valence electrons. The molecule has 2 aromatic carbocycles. The average Bonchev–Trinajstić information content (AvgIpc) is 2.68. The van der Waals surface area contributed by atoms with Gasteiger partial charge < -0.3 is 19.5 Å². The first-order valence-electron chi connectivity index (χ1n) is 9.27. The monoisotopic (exact) mass is 401 g/mol. The lowest BCUT2D eigenvalue weighted by atomic mass is 10.2. The van der Waals surface area contributed by atoms with E-state index in [4.69, 9.17) is 14.2 Å². The van der Waals surface area contributed by atoms with E-state index in [1.54, 1.807) is 24.3 Å². The Balaban J connectivity index is 1.96. The molecule has 29 heavy (non-hydrogen) atoms. The number of hydrogen-bond acceptors (Lipinski definition) is 5. The molecule has 6 nitrogen and oxygen atoms in total. The number of carbonyl (C=O) groups excluding carboxylic acids is 2. The van der Waals surface area contributed by atoms with Gasteiger partial charge in [-0.15, -0.1) is 0 Å². The van der Waals surface area contributed by atoms with Crippen molar-refractivity contribution in [3.05, 3.63) is 59.9 Å². The maximum Gasteiger partial charge on any atom is 0.331 e. The second-order valence-corrected chi connectivity index (χ2v) is 5.98. The maximum atomic E-state index is 13.2. The summed E-state index contributed by atoms with van der Waals surface area (Å²) in [5.74, 6) is -0.516. The molecule has 1 N–H and O–H groups in total. The second-order valence-electron chi connectivity index (χ2n) is 5.98. The van der Waals surface area contributed by atoms with E-state index in [9.17, 15) is 14.0 Å². The van der Waals surface area contributed by atoms with Crippen LogP contribution in [0.1, 0.15) is 26.3 Å². The molecule has 7 heteroatoms. The van der Waals surface area contributed by atoms with Gasteiger partial charge in [-0.1, -0.05) is 12.1 Å². The van der Waals surface area contributed by atoms with E-state index in [2.05, 4.69) is 5.32 Å². The first-order chi connectivity index (χ1) is 13.9. The molecule has 0 fully saturated rings. The first kappa shape index (κ1) is 21.9. The van der Waals surface area contributed by atoms with Gasteiger partial charge in [0.15, 0.2) is 17.6 Å². The van der Waals surface area contributed by atoms with Crippen molar-refractivity contribution < 1.29 is 28.2 Å². The van der Waals surface area contributed by atoms with Crippen molar-refractivity contribution in [2.75, 3.05) is 18.5 Å². The van der Waals surface area contributed by atoms with Gasteiger partial charge in [-0.05, 0) is 62.7 Å². The quantitative estimate of drug-likeness (QED) is 0.503. The van der Waals surface area contributed by atoms with E-state index in [-0.39, 0.29) is 5.69 Å². The van der Waals surface area contributed by atoms with Gasteiger partial charge in [-0.25, -0.2) is 9.18 Å². The third kappa shape index (κ3) is 6.95. The van der Waals surface area contributed by atoms with Crippen molar-refractivity contribution in [1.82, 2.24) is 0 Å². The number of halogens is 1. The number of ether oxygens (including phenoxy) is 3. The van der Waals surface area contributed by atoms with Crippen molar-refractivity contribution in [1.29, 1.82) is 0 Å². The van der Waals surface area contributed by atoms with Gasteiger partial charge in [0.1, 0.15) is 5.82 Å². The summed E-state index contributed by atoms with van der Waals surface area (Å²) in [5.41, 5.74) is 0.997.